The molecular formula is C21H17Br2ClN2O4. The van der Waals surface area contributed by atoms with Crippen LogP contribution in [0.25, 0.3) is 10.8 Å². The van der Waals surface area contributed by atoms with Gasteiger partial charge < -0.3 is 9.47 Å². The third kappa shape index (κ3) is 5.87. The van der Waals surface area contributed by atoms with Crippen LogP contribution in [0.3, 0.4) is 0 Å². The summed E-state index contributed by atoms with van der Waals surface area (Å²) in [5.74, 6) is 0.0502. The number of hydrogen-bond donors (Lipinski definition) is 2. The SMILES string of the molecule is Cc1cc(Cl)ccc1OCC(=O)NNC(=O)COc1ccc2cc(Br)ccc2c1Br. The summed E-state index contributed by atoms with van der Waals surface area (Å²) in [4.78, 5) is 23.9. The first kappa shape index (κ1) is 22.4. The van der Waals surface area contributed by atoms with Gasteiger partial charge in [-0.05, 0) is 75.6 Å². The average molecular weight is 557 g/mol. The second-order valence-corrected chi connectivity index (χ2v) is 8.47. The van der Waals surface area contributed by atoms with E-state index in [-0.39, 0.29) is 13.2 Å². The molecule has 0 aromatic heterocycles. The van der Waals surface area contributed by atoms with E-state index in [1.165, 1.54) is 0 Å². The molecule has 0 bridgehead atoms. The lowest BCUT2D eigenvalue weighted by molar-refractivity contribution is -0.131. The molecule has 3 rings (SSSR count). The highest BCUT2D eigenvalue weighted by molar-refractivity contribution is 9.11. The fourth-order valence-electron chi connectivity index (χ4n) is 2.63. The molecule has 3 aromatic carbocycles. The van der Waals surface area contributed by atoms with Crippen LogP contribution in [0.5, 0.6) is 11.5 Å². The van der Waals surface area contributed by atoms with Gasteiger partial charge in [0.25, 0.3) is 11.8 Å². The zero-order valence-electron chi connectivity index (χ0n) is 15.8. The van der Waals surface area contributed by atoms with Crippen molar-refractivity contribution in [2.75, 3.05) is 13.2 Å². The zero-order chi connectivity index (χ0) is 21.7. The molecule has 6 nitrogen and oxygen atoms in total. The highest BCUT2D eigenvalue weighted by Crippen LogP contribution is 2.34. The van der Waals surface area contributed by atoms with Gasteiger partial charge in [-0.2, -0.15) is 0 Å². The van der Waals surface area contributed by atoms with E-state index in [2.05, 4.69) is 42.7 Å². The summed E-state index contributed by atoms with van der Waals surface area (Å²) >= 11 is 12.8. The number of carbonyl (C=O) groups is 2. The van der Waals surface area contributed by atoms with E-state index in [1.807, 2.05) is 31.2 Å². The van der Waals surface area contributed by atoms with Crippen LogP contribution in [-0.2, 0) is 9.59 Å². The first-order valence-electron chi connectivity index (χ1n) is 8.80. The molecule has 2 N–H and O–H groups in total. The second kappa shape index (κ2) is 10.1. The van der Waals surface area contributed by atoms with Gasteiger partial charge in [-0.15, -0.1) is 0 Å². The number of rotatable bonds is 6. The largest absolute Gasteiger partial charge is 0.483 e. The monoisotopic (exact) mass is 554 g/mol. The highest BCUT2D eigenvalue weighted by atomic mass is 79.9. The predicted molar refractivity (Wildman–Crippen MR) is 123 cm³/mol. The Bertz CT molecular complexity index is 1110. The number of halogens is 3. The molecule has 0 atom stereocenters. The smallest absolute Gasteiger partial charge is 0.276 e. The number of amides is 2. The van der Waals surface area contributed by atoms with Gasteiger partial charge in [0.2, 0.25) is 0 Å². The van der Waals surface area contributed by atoms with E-state index in [0.717, 1.165) is 25.3 Å². The minimum atomic E-state index is -0.506. The number of aryl methyl sites for hydroxylation is 1. The summed E-state index contributed by atoms with van der Waals surface area (Å²) in [5.41, 5.74) is 5.38. The Morgan fingerprint density at radius 2 is 1.53 bits per heavy atom. The second-order valence-electron chi connectivity index (χ2n) is 6.33. The number of hydrazine groups is 1. The number of fused-ring (bicyclic) bond motifs is 1. The molecule has 0 saturated carbocycles. The summed E-state index contributed by atoms with van der Waals surface area (Å²) < 4.78 is 12.7. The fraction of sp³-hybridized carbons (Fsp3) is 0.143. The number of carbonyl (C=O) groups excluding carboxylic acids is 2. The Balaban J connectivity index is 1.46. The quantitative estimate of drug-likeness (QED) is 0.422. The third-order valence-electron chi connectivity index (χ3n) is 4.08. The molecular weight excluding hydrogens is 540 g/mol. The minimum Gasteiger partial charge on any atom is -0.483 e. The Hall–Kier alpha value is -2.29. The lowest BCUT2D eigenvalue weighted by atomic mass is 10.1. The van der Waals surface area contributed by atoms with Gasteiger partial charge in [-0.3, -0.25) is 20.4 Å². The van der Waals surface area contributed by atoms with Gasteiger partial charge in [0.15, 0.2) is 13.2 Å². The van der Waals surface area contributed by atoms with E-state index in [9.17, 15) is 9.59 Å². The van der Waals surface area contributed by atoms with Gasteiger partial charge in [-0.25, -0.2) is 0 Å². The summed E-state index contributed by atoms with van der Waals surface area (Å²) in [5, 5.41) is 2.57. The maximum absolute atomic E-state index is 12.0. The summed E-state index contributed by atoms with van der Waals surface area (Å²) in [7, 11) is 0. The standard InChI is InChI=1S/C21H17Br2ClN2O4/c1-12-8-15(24)4-7-17(12)29-10-19(27)25-26-20(28)11-30-18-6-2-13-9-14(22)3-5-16(13)21(18)23/h2-9H,10-11H2,1H3,(H,25,27)(H,26,28). The van der Waals surface area contributed by atoms with Gasteiger partial charge >= 0.3 is 0 Å². The van der Waals surface area contributed by atoms with E-state index in [4.69, 9.17) is 21.1 Å². The average Bonchev–Trinajstić information content (AvgIpc) is 2.71. The lowest BCUT2D eigenvalue weighted by Crippen LogP contribution is -2.45. The van der Waals surface area contributed by atoms with Gasteiger partial charge in [0, 0.05) is 9.50 Å². The summed E-state index contributed by atoms with van der Waals surface area (Å²) in [6.07, 6.45) is 0. The maximum atomic E-state index is 12.0. The van der Waals surface area contributed by atoms with Gasteiger partial charge in [-0.1, -0.05) is 39.7 Å². The molecule has 0 aliphatic carbocycles. The van der Waals surface area contributed by atoms with Crippen molar-refractivity contribution in [3.8, 4) is 11.5 Å². The van der Waals surface area contributed by atoms with Crippen molar-refractivity contribution < 1.29 is 19.1 Å². The van der Waals surface area contributed by atoms with Gasteiger partial charge in [0.05, 0.1) is 4.47 Å². The molecule has 0 radical (unpaired) electrons. The molecule has 0 spiro atoms. The predicted octanol–water partition coefficient (Wildman–Crippen LogP) is 4.93. The number of nitrogens with one attached hydrogen (secondary N) is 2. The van der Waals surface area contributed by atoms with Crippen molar-refractivity contribution in [1.29, 1.82) is 0 Å². The highest BCUT2D eigenvalue weighted by Gasteiger charge is 2.11. The maximum Gasteiger partial charge on any atom is 0.276 e. The van der Waals surface area contributed by atoms with Crippen LogP contribution in [0, 0.1) is 6.92 Å². The molecule has 3 aromatic rings. The number of benzene rings is 3. The van der Waals surface area contributed by atoms with E-state index in [0.29, 0.717) is 16.5 Å². The first-order valence-corrected chi connectivity index (χ1v) is 10.8. The number of ether oxygens (including phenoxy) is 2. The molecule has 0 saturated heterocycles. The zero-order valence-corrected chi connectivity index (χ0v) is 19.7. The molecule has 2 amide bonds. The molecule has 0 heterocycles. The first-order chi connectivity index (χ1) is 14.3. The lowest BCUT2D eigenvalue weighted by Gasteiger charge is -2.12. The van der Waals surface area contributed by atoms with Crippen molar-refractivity contribution in [2.45, 2.75) is 6.92 Å². The van der Waals surface area contributed by atoms with Gasteiger partial charge in [0.1, 0.15) is 11.5 Å². The Labute approximate surface area is 195 Å². The van der Waals surface area contributed by atoms with Crippen molar-refractivity contribution in [3.05, 3.63) is 68.1 Å². The van der Waals surface area contributed by atoms with Crippen LogP contribution < -0.4 is 20.3 Å². The van der Waals surface area contributed by atoms with Crippen molar-refractivity contribution in [1.82, 2.24) is 10.9 Å². The molecule has 156 valence electrons. The molecule has 9 heteroatoms. The molecule has 0 unspecified atom stereocenters. The van der Waals surface area contributed by atoms with Crippen LogP contribution in [0.15, 0.2) is 57.5 Å². The van der Waals surface area contributed by atoms with Crippen LogP contribution >= 0.6 is 43.5 Å². The Morgan fingerprint density at radius 3 is 2.20 bits per heavy atom. The summed E-state index contributed by atoms with van der Waals surface area (Å²) in [6, 6.07) is 14.6. The fourth-order valence-corrected chi connectivity index (χ4v) is 3.84. The Morgan fingerprint density at radius 1 is 0.900 bits per heavy atom. The topological polar surface area (TPSA) is 76.7 Å². The van der Waals surface area contributed by atoms with Crippen molar-refractivity contribution >= 4 is 66.0 Å². The number of hydrogen-bond acceptors (Lipinski definition) is 4. The van der Waals surface area contributed by atoms with E-state index >= 15 is 0 Å². The van der Waals surface area contributed by atoms with Crippen LogP contribution in [-0.4, -0.2) is 25.0 Å². The van der Waals surface area contributed by atoms with Crippen molar-refractivity contribution in [2.24, 2.45) is 0 Å². The van der Waals surface area contributed by atoms with Crippen molar-refractivity contribution in [3.63, 3.8) is 0 Å². The molecule has 0 fully saturated rings. The van der Waals surface area contributed by atoms with E-state index in [1.54, 1.807) is 24.3 Å². The molecule has 30 heavy (non-hydrogen) atoms. The van der Waals surface area contributed by atoms with E-state index < -0.39 is 11.8 Å². The Kier molecular flexibility index (Phi) is 7.58. The normalized spacial score (nSPS) is 10.5. The molecule has 0 aliphatic rings. The van der Waals surface area contributed by atoms with Crippen LogP contribution in [0.4, 0.5) is 0 Å². The minimum absolute atomic E-state index is 0.255. The van der Waals surface area contributed by atoms with Crippen LogP contribution in [0.1, 0.15) is 5.56 Å². The molecule has 0 aliphatic heterocycles. The summed E-state index contributed by atoms with van der Waals surface area (Å²) in [6.45, 7) is 1.30. The third-order valence-corrected chi connectivity index (χ3v) is 5.62. The van der Waals surface area contributed by atoms with Crippen LogP contribution in [0.2, 0.25) is 5.02 Å².